The Morgan fingerprint density at radius 2 is 1.61 bits per heavy atom. The molecule has 4 aromatic carbocycles. The predicted molar refractivity (Wildman–Crippen MR) is 229 cm³/mol. The van der Waals surface area contributed by atoms with Gasteiger partial charge < -0.3 is 23.9 Å². The Morgan fingerprint density at radius 3 is 2.32 bits per heavy atom. The molecule has 0 radical (unpaired) electrons. The molecule has 0 bridgehead atoms. The van der Waals surface area contributed by atoms with Gasteiger partial charge in [-0.25, -0.2) is 28.5 Å². The minimum absolute atomic E-state index is 0.00566. The number of anilines is 1. The Labute approximate surface area is 354 Å². The standard InChI is InChI=1S/C46H45N7O9/c1-6-62-37-22-27(14-17-36(37)54)40-30-18-21-51-44(58)50(20-19-32-42(56)49(3)35-25-39(61-5)38(60-4)24-33(35)47-32)45(59)53(51)34(30)23-31-41(55)52(48-29-15-12-26(2)13-16-29)43(57)46(31,40)28-10-8-7-9-11-28/h7-18,22,24-25,31,34,40,48,54H,6,19-21,23H2,1-5H3. The van der Waals surface area contributed by atoms with Crippen LogP contribution in [-0.4, -0.2) is 66.2 Å². The first kappa shape index (κ1) is 40.1. The first-order chi connectivity index (χ1) is 29.9. The van der Waals surface area contributed by atoms with E-state index < -0.39 is 52.0 Å². The van der Waals surface area contributed by atoms with E-state index in [0.29, 0.717) is 44.9 Å². The van der Waals surface area contributed by atoms with Crippen LogP contribution in [0.1, 0.15) is 47.7 Å². The molecule has 4 atom stereocenters. The summed E-state index contributed by atoms with van der Waals surface area (Å²) in [5.74, 6) is -1.91. The van der Waals surface area contributed by atoms with Crippen molar-refractivity contribution in [3.05, 3.63) is 150 Å². The van der Waals surface area contributed by atoms with Gasteiger partial charge in [0.25, 0.3) is 17.4 Å². The molecule has 2 N–H and O–H groups in total. The number of carbonyl (C=O) groups is 2. The molecule has 6 aromatic rings. The number of imide groups is 1. The maximum absolute atomic E-state index is 15.4. The fraction of sp³-hybridized carbons (Fsp3) is 0.304. The predicted octanol–water partition coefficient (Wildman–Crippen LogP) is 4.35. The third-order valence-electron chi connectivity index (χ3n) is 12.6. The van der Waals surface area contributed by atoms with E-state index in [0.717, 1.165) is 15.1 Å². The van der Waals surface area contributed by atoms with Crippen LogP contribution in [0.15, 0.2) is 111 Å². The first-order valence-electron chi connectivity index (χ1n) is 20.4. The summed E-state index contributed by atoms with van der Waals surface area (Å²) >= 11 is 0. The van der Waals surface area contributed by atoms with Crippen molar-refractivity contribution in [3.63, 3.8) is 0 Å². The van der Waals surface area contributed by atoms with Gasteiger partial charge in [-0.3, -0.25) is 19.8 Å². The molecule has 4 heterocycles. The SMILES string of the molecule is CCOc1cc(C2C3=CCn4c(=O)n(CCc5nc6cc(OC)c(OC)cc6n(C)c5=O)c(=O)n4C3CC3C(=O)N(Nc4ccc(C)cc4)C(=O)C32c2ccccc2)ccc1O. The molecule has 1 aliphatic carbocycles. The van der Waals surface area contributed by atoms with Gasteiger partial charge in [0.2, 0.25) is 0 Å². The van der Waals surface area contributed by atoms with Gasteiger partial charge in [0.05, 0.1) is 61.5 Å². The molecule has 2 amide bonds. The van der Waals surface area contributed by atoms with Crippen molar-refractivity contribution in [1.82, 2.24) is 28.5 Å². The quantitative estimate of drug-likeness (QED) is 0.140. The van der Waals surface area contributed by atoms with Crippen molar-refractivity contribution < 1.29 is 28.9 Å². The van der Waals surface area contributed by atoms with E-state index in [1.165, 1.54) is 34.2 Å². The van der Waals surface area contributed by atoms with E-state index in [9.17, 15) is 24.3 Å². The molecule has 2 aromatic heterocycles. The van der Waals surface area contributed by atoms with Gasteiger partial charge >= 0.3 is 11.4 Å². The highest BCUT2D eigenvalue weighted by molar-refractivity contribution is 6.12. The Balaban J connectivity index is 1.17. The maximum Gasteiger partial charge on any atom is 0.347 e. The zero-order chi connectivity index (χ0) is 43.6. The molecule has 4 unspecified atom stereocenters. The summed E-state index contributed by atoms with van der Waals surface area (Å²) in [6, 6.07) is 23.9. The number of hydrazine groups is 1. The van der Waals surface area contributed by atoms with E-state index in [-0.39, 0.29) is 49.7 Å². The number of hydrogen-bond acceptors (Lipinski definition) is 11. The van der Waals surface area contributed by atoms with Crippen molar-refractivity contribution in [2.75, 3.05) is 26.3 Å². The van der Waals surface area contributed by atoms with Crippen molar-refractivity contribution in [2.45, 2.75) is 57.2 Å². The summed E-state index contributed by atoms with van der Waals surface area (Å²) in [6.45, 7) is 3.82. The van der Waals surface area contributed by atoms with E-state index in [1.807, 2.05) is 55.5 Å². The molecule has 3 aliphatic rings. The summed E-state index contributed by atoms with van der Waals surface area (Å²) in [7, 11) is 4.61. The molecule has 16 heteroatoms. The van der Waals surface area contributed by atoms with E-state index in [4.69, 9.17) is 14.2 Å². The number of benzene rings is 4. The highest BCUT2D eigenvalue weighted by Gasteiger charge is 2.68. The van der Waals surface area contributed by atoms with Crippen LogP contribution in [0, 0.1) is 12.8 Å². The second-order valence-electron chi connectivity index (χ2n) is 15.8. The van der Waals surface area contributed by atoms with Crippen LogP contribution < -0.4 is 36.6 Å². The highest BCUT2D eigenvalue weighted by Crippen LogP contribution is 2.62. The van der Waals surface area contributed by atoms with Crippen LogP contribution in [0.2, 0.25) is 0 Å². The number of fused-ring (bicyclic) bond motifs is 5. The smallest absolute Gasteiger partial charge is 0.347 e. The van der Waals surface area contributed by atoms with Crippen LogP contribution in [0.25, 0.3) is 11.0 Å². The Bertz CT molecular complexity index is 3000. The Kier molecular flexibility index (Phi) is 9.87. The van der Waals surface area contributed by atoms with Crippen molar-refractivity contribution >= 4 is 28.5 Å². The van der Waals surface area contributed by atoms with Gasteiger partial charge in [-0.2, -0.15) is 5.01 Å². The molecule has 62 heavy (non-hydrogen) atoms. The lowest BCUT2D eigenvalue weighted by Gasteiger charge is -2.49. The van der Waals surface area contributed by atoms with E-state index in [1.54, 1.807) is 50.4 Å². The molecule has 1 saturated heterocycles. The molecule has 318 valence electrons. The summed E-state index contributed by atoms with van der Waals surface area (Å²) in [4.78, 5) is 77.5. The summed E-state index contributed by atoms with van der Waals surface area (Å²) in [5, 5.41) is 11.9. The zero-order valence-electron chi connectivity index (χ0n) is 34.8. The number of nitrogens with zero attached hydrogens (tertiary/aromatic N) is 6. The topological polar surface area (TPSA) is 181 Å². The number of allylic oxidation sites excluding steroid dienone is 2. The fourth-order valence-electron chi connectivity index (χ4n) is 9.69. The summed E-state index contributed by atoms with van der Waals surface area (Å²) < 4.78 is 22.0. The largest absolute Gasteiger partial charge is 0.504 e. The van der Waals surface area contributed by atoms with Gasteiger partial charge in [0, 0.05) is 38.1 Å². The highest BCUT2D eigenvalue weighted by atomic mass is 16.5. The number of aromatic hydroxyl groups is 1. The lowest BCUT2D eigenvalue weighted by atomic mass is 9.53. The first-order valence-corrected chi connectivity index (χ1v) is 20.4. The average Bonchev–Trinajstić information content (AvgIpc) is 3.65. The number of amides is 2. The minimum atomic E-state index is -1.53. The van der Waals surface area contributed by atoms with Gasteiger partial charge in [0.1, 0.15) is 5.69 Å². The lowest BCUT2D eigenvalue weighted by Crippen LogP contribution is -2.53. The number of aromatic nitrogens is 5. The number of nitrogens with one attached hydrogen (secondary N) is 1. The molecule has 0 spiro atoms. The van der Waals surface area contributed by atoms with Crippen molar-refractivity contribution in [3.8, 4) is 23.0 Å². The van der Waals surface area contributed by atoms with Gasteiger partial charge in [-0.15, -0.1) is 0 Å². The number of phenolic OH excluding ortho intramolecular Hbond substituents is 1. The number of carbonyl (C=O) groups excluding carboxylic acids is 2. The number of aryl methyl sites for hydroxylation is 3. The van der Waals surface area contributed by atoms with Gasteiger partial charge in [0.15, 0.2) is 23.0 Å². The molecule has 9 rings (SSSR count). The molecule has 1 saturated carbocycles. The summed E-state index contributed by atoms with van der Waals surface area (Å²) in [6.07, 6.45) is 1.83. The fourth-order valence-corrected chi connectivity index (χ4v) is 9.69. The third-order valence-corrected chi connectivity index (χ3v) is 12.6. The normalized spacial score (nSPS) is 20.4. The van der Waals surface area contributed by atoms with Crippen LogP contribution in [0.5, 0.6) is 23.0 Å². The number of hydrogen-bond donors (Lipinski definition) is 2. The Morgan fingerprint density at radius 1 is 0.887 bits per heavy atom. The van der Waals surface area contributed by atoms with Gasteiger partial charge in [-0.05, 0) is 61.2 Å². The second-order valence-corrected chi connectivity index (χ2v) is 15.8. The number of methoxy groups -OCH3 is 2. The zero-order valence-corrected chi connectivity index (χ0v) is 34.8. The van der Waals surface area contributed by atoms with Crippen LogP contribution in [0.3, 0.4) is 0 Å². The number of rotatable bonds is 11. The minimum Gasteiger partial charge on any atom is -0.504 e. The van der Waals surface area contributed by atoms with Crippen LogP contribution in [0.4, 0.5) is 5.69 Å². The molecular formula is C46H45N7O9. The molecule has 16 nitrogen and oxygen atoms in total. The molecule has 2 aliphatic heterocycles. The number of ether oxygens (including phenoxy) is 3. The third kappa shape index (κ3) is 6.02. The van der Waals surface area contributed by atoms with E-state index in [2.05, 4.69) is 10.4 Å². The molecular weight excluding hydrogens is 795 g/mol. The van der Waals surface area contributed by atoms with Crippen LogP contribution in [-0.2, 0) is 41.6 Å². The maximum atomic E-state index is 15.4. The second kappa shape index (κ2) is 15.3. The van der Waals surface area contributed by atoms with Crippen molar-refractivity contribution in [1.29, 1.82) is 0 Å². The summed E-state index contributed by atoms with van der Waals surface area (Å²) in [5.41, 5.74) is 4.44. The molecule has 2 fully saturated rings. The van der Waals surface area contributed by atoms with E-state index >= 15 is 4.79 Å². The lowest BCUT2D eigenvalue weighted by molar-refractivity contribution is -0.138. The number of phenols is 1. The average molecular weight is 840 g/mol. The van der Waals surface area contributed by atoms with Gasteiger partial charge in [-0.1, -0.05) is 60.2 Å². The monoisotopic (exact) mass is 839 g/mol. The van der Waals surface area contributed by atoms with Crippen molar-refractivity contribution in [2.24, 2.45) is 13.0 Å². The van der Waals surface area contributed by atoms with Crippen LogP contribution >= 0.6 is 0 Å². The Hall–Kier alpha value is -7.36.